The fourth-order valence-electron chi connectivity index (χ4n) is 3.56. The molecule has 0 aliphatic heterocycles. The SMILES string of the molecule is COCCN(CCOC)C(=O)CSc1nnc2n(-c3ccccc3)c(=O)c3ccccc3n12. The van der Waals surface area contributed by atoms with Gasteiger partial charge in [-0.3, -0.25) is 14.0 Å². The highest BCUT2D eigenvalue weighted by Crippen LogP contribution is 2.23. The summed E-state index contributed by atoms with van der Waals surface area (Å²) in [6.07, 6.45) is 0. The quantitative estimate of drug-likeness (QED) is 0.330. The summed E-state index contributed by atoms with van der Waals surface area (Å²) in [5, 5.41) is 9.73. The lowest BCUT2D eigenvalue weighted by molar-refractivity contribution is -0.129. The van der Waals surface area contributed by atoms with Gasteiger partial charge in [-0.25, -0.2) is 4.57 Å². The molecule has 1 amide bonds. The van der Waals surface area contributed by atoms with Crippen molar-refractivity contribution in [1.29, 1.82) is 0 Å². The van der Waals surface area contributed by atoms with E-state index >= 15 is 0 Å². The first-order valence-electron chi connectivity index (χ1n) is 10.5. The second-order valence-electron chi connectivity index (χ2n) is 7.27. The molecule has 0 atom stereocenters. The Labute approximate surface area is 194 Å². The second kappa shape index (κ2) is 10.6. The summed E-state index contributed by atoms with van der Waals surface area (Å²) >= 11 is 1.29. The van der Waals surface area contributed by atoms with Crippen LogP contribution in [0.4, 0.5) is 0 Å². The van der Waals surface area contributed by atoms with Crippen LogP contribution >= 0.6 is 11.8 Å². The van der Waals surface area contributed by atoms with Gasteiger partial charge in [0.15, 0.2) is 5.16 Å². The van der Waals surface area contributed by atoms with E-state index in [9.17, 15) is 9.59 Å². The van der Waals surface area contributed by atoms with E-state index in [-0.39, 0.29) is 17.2 Å². The summed E-state index contributed by atoms with van der Waals surface area (Å²) in [6.45, 7) is 1.86. The number of carbonyl (C=O) groups is 1. The Hall–Kier alpha value is -3.21. The zero-order valence-electron chi connectivity index (χ0n) is 18.5. The Balaban J connectivity index is 1.72. The third-order valence-electron chi connectivity index (χ3n) is 5.22. The molecule has 0 unspecified atom stereocenters. The first-order chi connectivity index (χ1) is 16.2. The monoisotopic (exact) mass is 467 g/mol. The van der Waals surface area contributed by atoms with Gasteiger partial charge in [-0.1, -0.05) is 42.1 Å². The highest BCUT2D eigenvalue weighted by molar-refractivity contribution is 7.99. The van der Waals surface area contributed by atoms with Gasteiger partial charge in [-0.15, -0.1) is 10.2 Å². The third-order valence-corrected chi connectivity index (χ3v) is 6.13. The van der Waals surface area contributed by atoms with Crippen molar-refractivity contribution in [2.45, 2.75) is 5.16 Å². The van der Waals surface area contributed by atoms with Crippen LogP contribution in [0.15, 0.2) is 64.5 Å². The molecule has 10 heteroatoms. The van der Waals surface area contributed by atoms with Gasteiger partial charge in [0, 0.05) is 27.3 Å². The zero-order valence-corrected chi connectivity index (χ0v) is 19.3. The van der Waals surface area contributed by atoms with Gasteiger partial charge in [0.1, 0.15) is 0 Å². The number of amides is 1. The van der Waals surface area contributed by atoms with Crippen molar-refractivity contribution in [1.82, 2.24) is 24.1 Å². The number of hydrogen-bond acceptors (Lipinski definition) is 7. The minimum atomic E-state index is -0.172. The average Bonchev–Trinajstić information content (AvgIpc) is 3.27. The first-order valence-corrected chi connectivity index (χ1v) is 11.5. The summed E-state index contributed by atoms with van der Waals surface area (Å²) in [7, 11) is 3.21. The predicted molar refractivity (Wildman–Crippen MR) is 127 cm³/mol. The predicted octanol–water partition coefficient (Wildman–Crippen LogP) is 2.25. The summed E-state index contributed by atoms with van der Waals surface area (Å²) in [5.74, 6) is 0.523. The molecule has 0 saturated heterocycles. The van der Waals surface area contributed by atoms with Crippen LogP contribution in [0.25, 0.3) is 22.4 Å². The largest absolute Gasteiger partial charge is 0.383 e. The molecule has 172 valence electrons. The van der Waals surface area contributed by atoms with E-state index in [2.05, 4.69) is 10.2 Å². The maximum Gasteiger partial charge on any atom is 0.267 e. The minimum absolute atomic E-state index is 0.0495. The van der Waals surface area contributed by atoms with E-state index in [1.807, 2.05) is 52.9 Å². The molecule has 4 aromatic rings. The van der Waals surface area contributed by atoms with E-state index < -0.39 is 0 Å². The van der Waals surface area contributed by atoms with Crippen molar-refractivity contribution in [2.75, 3.05) is 46.3 Å². The molecule has 0 spiro atoms. The first kappa shape index (κ1) is 23.0. The number of methoxy groups -OCH3 is 2. The van der Waals surface area contributed by atoms with Crippen LogP contribution in [0.3, 0.4) is 0 Å². The molecule has 0 saturated carbocycles. The molecule has 9 nitrogen and oxygen atoms in total. The van der Waals surface area contributed by atoms with Gasteiger partial charge in [-0.05, 0) is 24.3 Å². The zero-order chi connectivity index (χ0) is 23.2. The number of hydrogen-bond donors (Lipinski definition) is 0. The lowest BCUT2D eigenvalue weighted by Gasteiger charge is -2.21. The third kappa shape index (κ3) is 4.77. The highest BCUT2D eigenvalue weighted by Gasteiger charge is 2.20. The Morgan fingerprint density at radius 1 is 0.970 bits per heavy atom. The molecule has 2 heterocycles. The number of carbonyl (C=O) groups excluding carboxylic acids is 1. The topological polar surface area (TPSA) is 91.0 Å². The fraction of sp³-hybridized carbons (Fsp3) is 0.304. The van der Waals surface area contributed by atoms with E-state index in [4.69, 9.17) is 9.47 Å². The molecule has 33 heavy (non-hydrogen) atoms. The van der Waals surface area contributed by atoms with Crippen molar-refractivity contribution in [2.24, 2.45) is 0 Å². The number of rotatable bonds is 10. The molecule has 0 bridgehead atoms. The molecule has 0 radical (unpaired) electrons. The number of para-hydroxylation sites is 2. The fourth-order valence-corrected chi connectivity index (χ4v) is 4.41. The van der Waals surface area contributed by atoms with E-state index in [1.54, 1.807) is 29.8 Å². The van der Waals surface area contributed by atoms with Gasteiger partial charge in [-0.2, -0.15) is 0 Å². The normalized spacial score (nSPS) is 11.3. The summed E-state index contributed by atoms with van der Waals surface area (Å²) in [4.78, 5) is 27.9. The molecule has 2 aromatic carbocycles. The van der Waals surface area contributed by atoms with Gasteiger partial charge >= 0.3 is 0 Å². The number of ether oxygens (including phenoxy) is 2. The lowest BCUT2D eigenvalue weighted by atomic mass is 10.2. The van der Waals surface area contributed by atoms with Crippen LogP contribution in [0.1, 0.15) is 0 Å². The molecule has 0 aliphatic carbocycles. The summed E-state index contributed by atoms with van der Waals surface area (Å²) < 4.78 is 13.6. The second-order valence-corrected chi connectivity index (χ2v) is 8.21. The maximum atomic E-state index is 13.3. The molecule has 2 aromatic heterocycles. The van der Waals surface area contributed by atoms with Crippen molar-refractivity contribution in [3.05, 3.63) is 65.0 Å². The van der Waals surface area contributed by atoms with Crippen LogP contribution in [0.5, 0.6) is 0 Å². The molecule has 0 N–H and O–H groups in total. The standard InChI is InChI=1S/C23H25N5O4S/c1-31-14-12-26(13-15-32-2)20(29)16-33-23-25-24-22-27(17-8-4-3-5-9-17)21(30)18-10-6-7-11-19(18)28(22)23/h3-11H,12-16H2,1-2H3. The number of fused-ring (bicyclic) bond motifs is 3. The number of aromatic nitrogens is 4. The van der Waals surface area contributed by atoms with Gasteiger partial charge in [0.05, 0.1) is 35.6 Å². The smallest absolute Gasteiger partial charge is 0.267 e. The van der Waals surface area contributed by atoms with Gasteiger partial charge < -0.3 is 14.4 Å². The molecule has 0 aliphatic rings. The van der Waals surface area contributed by atoms with Crippen LogP contribution in [-0.4, -0.2) is 76.2 Å². The van der Waals surface area contributed by atoms with Crippen LogP contribution < -0.4 is 5.56 Å². The highest BCUT2D eigenvalue weighted by atomic mass is 32.2. The Morgan fingerprint density at radius 2 is 1.64 bits per heavy atom. The summed E-state index contributed by atoms with van der Waals surface area (Å²) in [6, 6.07) is 16.7. The van der Waals surface area contributed by atoms with Crippen molar-refractivity contribution in [3.8, 4) is 5.69 Å². The number of nitrogens with zero attached hydrogens (tertiary/aromatic N) is 5. The summed E-state index contributed by atoms with van der Waals surface area (Å²) in [5.41, 5.74) is 1.22. The molecular formula is C23H25N5O4S. The molecule has 4 rings (SSSR count). The van der Waals surface area contributed by atoms with Gasteiger partial charge in [0.2, 0.25) is 11.7 Å². The van der Waals surface area contributed by atoms with Gasteiger partial charge in [0.25, 0.3) is 5.56 Å². The van der Waals surface area contributed by atoms with E-state index in [0.717, 1.165) is 0 Å². The maximum absolute atomic E-state index is 13.3. The lowest BCUT2D eigenvalue weighted by Crippen LogP contribution is -2.37. The Morgan fingerprint density at radius 3 is 2.33 bits per heavy atom. The van der Waals surface area contributed by atoms with Crippen molar-refractivity contribution in [3.63, 3.8) is 0 Å². The molecular weight excluding hydrogens is 442 g/mol. The number of benzene rings is 2. The van der Waals surface area contributed by atoms with Crippen molar-refractivity contribution >= 4 is 34.3 Å². The van der Waals surface area contributed by atoms with Crippen molar-refractivity contribution < 1.29 is 14.3 Å². The number of thioether (sulfide) groups is 1. The van der Waals surface area contributed by atoms with Crippen LogP contribution in [0.2, 0.25) is 0 Å². The Kier molecular flexibility index (Phi) is 7.38. The van der Waals surface area contributed by atoms with E-state index in [0.29, 0.717) is 53.8 Å². The van der Waals surface area contributed by atoms with Crippen LogP contribution in [0, 0.1) is 0 Å². The van der Waals surface area contributed by atoms with Crippen LogP contribution in [-0.2, 0) is 14.3 Å². The average molecular weight is 468 g/mol. The Bertz CT molecular complexity index is 1300. The minimum Gasteiger partial charge on any atom is -0.383 e. The van der Waals surface area contributed by atoms with E-state index in [1.165, 1.54) is 11.8 Å². The molecule has 0 fully saturated rings.